The van der Waals surface area contributed by atoms with Crippen molar-refractivity contribution in [3.63, 3.8) is 0 Å². The van der Waals surface area contributed by atoms with Crippen molar-refractivity contribution >= 4 is 28.1 Å². The zero-order chi connectivity index (χ0) is 23.4. The highest BCUT2D eigenvalue weighted by atomic mass is 32.1. The lowest BCUT2D eigenvalue weighted by atomic mass is 10.0. The fourth-order valence-electron chi connectivity index (χ4n) is 3.27. The number of aromatic nitrogens is 1. The maximum absolute atomic E-state index is 14.9. The number of carbonyl (C=O) groups excluding carboxylic acids is 1. The summed E-state index contributed by atoms with van der Waals surface area (Å²) in [4.78, 5) is 17.1. The quantitative estimate of drug-likeness (QED) is 0.308. The summed E-state index contributed by atoms with van der Waals surface area (Å²) >= 11 is 0.974. The first kappa shape index (κ1) is 22.4. The highest BCUT2D eigenvalue weighted by Gasteiger charge is 2.22. The predicted octanol–water partition coefficient (Wildman–Crippen LogP) is 6.68. The van der Waals surface area contributed by atoms with Gasteiger partial charge in [0.15, 0.2) is 5.13 Å². The Kier molecular flexibility index (Phi) is 6.65. The van der Waals surface area contributed by atoms with E-state index in [1.165, 1.54) is 19.2 Å². The number of esters is 1. The van der Waals surface area contributed by atoms with Crippen molar-refractivity contribution in [1.29, 1.82) is 0 Å². The van der Waals surface area contributed by atoms with Gasteiger partial charge in [-0.3, -0.25) is 0 Å². The summed E-state index contributed by atoms with van der Waals surface area (Å²) in [5.74, 6) is -1.54. The zero-order valence-electron chi connectivity index (χ0n) is 17.9. The van der Waals surface area contributed by atoms with Gasteiger partial charge in [0.2, 0.25) is 0 Å². The number of halogens is 2. The third-order valence-electron chi connectivity index (χ3n) is 4.81. The molecule has 0 aliphatic heterocycles. The van der Waals surface area contributed by atoms with E-state index in [2.05, 4.69) is 10.3 Å². The number of benzene rings is 3. The van der Waals surface area contributed by atoms with Crippen molar-refractivity contribution in [1.82, 2.24) is 4.98 Å². The van der Waals surface area contributed by atoms with Crippen LogP contribution in [0.1, 0.15) is 16.6 Å². The highest BCUT2D eigenvalue weighted by Crippen LogP contribution is 2.36. The molecule has 0 unspecified atom stereocenters. The molecule has 0 saturated heterocycles. The van der Waals surface area contributed by atoms with Crippen LogP contribution >= 0.6 is 11.3 Å². The molecule has 0 aliphatic rings. The molecule has 3 aromatic carbocycles. The Bertz CT molecular complexity index is 1270. The third kappa shape index (κ3) is 4.85. The van der Waals surface area contributed by atoms with Crippen molar-refractivity contribution in [2.24, 2.45) is 0 Å². The summed E-state index contributed by atoms with van der Waals surface area (Å²) in [6.07, 6.45) is 0. The molecule has 168 valence electrons. The smallest absolute Gasteiger partial charge is 0.350 e. The van der Waals surface area contributed by atoms with Crippen molar-refractivity contribution in [3.05, 3.63) is 83.2 Å². The number of rotatable bonds is 7. The number of thiazole rings is 1. The maximum atomic E-state index is 14.9. The molecule has 8 heteroatoms. The number of anilines is 2. The summed E-state index contributed by atoms with van der Waals surface area (Å²) in [6, 6.07) is 18.5. The summed E-state index contributed by atoms with van der Waals surface area (Å²) in [5.41, 5.74) is 1.70. The minimum atomic E-state index is -0.790. The highest BCUT2D eigenvalue weighted by molar-refractivity contribution is 7.18. The molecule has 0 radical (unpaired) electrons. The second-order valence-corrected chi connectivity index (χ2v) is 7.95. The number of carbonyl (C=O) groups is 1. The van der Waals surface area contributed by atoms with E-state index in [1.54, 1.807) is 43.3 Å². The number of nitrogens with one attached hydrogen (secondary N) is 1. The molecule has 0 fully saturated rings. The fraction of sp³-hybridized carbons (Fsp3) is 0.120. The van der Waals surface area contributed by atoms with Gasteiger partial charge in [-0.25, -0.2) is 18.6 Å². The van der Waals surface area contributed by atoms with Gasteiger partial charge < -0.3 is 14.8 Å². The lowest BCUT2D eigenvalue weighted by Gasteiger charge is -2.10. The van der Waals surface area contributed by atoms with E-state index in [9.17, 15) is 13.6 Å². The molecule has 0 atom stereocenters. The Morgan fingerprint density at radius 3 is 2.33 bits per heavy atom. The van der Waals surface area contributed by atoms with E-state index in [0.717, 1.165) is 11.3 Å². The van der Waals surface area contributed by atoms with Crippen LogP contribution in [0.25, 0.3) is 22.4 Å². The van der Waals surface area contributed by atoms with E-state index in [0.29, 0.717) is 28.1 Å². The molecule has 33 heavy (non-hydrogen) atoms. The molecular formula is C25H20F2N2O3S. The van der Waals surface area contributed by atoms with Gasteiger partial charge in [0.05, 0.1) is 19.4 Å². The van der Waals surface area contributed by atoms with Gasteiger partial charge in [0.1, 0.15) is 27.9 Å². The van der Waals surface area contributed by atoms with E-state index >= 15 is 0 Å². The third-order valence-corrected chi connectivity index (χ3v) is 5.76. The van der Waals surface area contributed by atoms with Crippen molar-refractivity contribution < 1.29 is 23.0 Å². The number of nitrogens with zero attached hydrogens (tertiary/aromatic N) is 1. The van der Waals surface area contributed by atoms with Crippen LogP contribution in [0.15, 0.2) is 66.7 Å². The van der Waals surface area contributed by atoms with E-state index in [1.807, 2.05) is 18.2 Å². The predicted molar refractivity (Wildman–Crippen MR) is 125 cm³/mol. The van der Waals surface area contributed by atoms with E-state index in [-0.39, 0.29) is 22.3 Å². The summed E-state index contributed by atoms with van der Waals surface area (Å²) in [6.45, 7) is 1.90. The fourth-order valence-corrected chi connectivity index (χ4v) is 4.15. The zero-order valence-corrected chi connectivity index (χ0v) is 18.7. The molecule has 0 saturated carbocycles. The summed E-state index contributed by atoms with van der Waals surface area (Å²) in [5, 5.41) is 2.86. The number of ether oxygens (including phenoxy) is 2. The SMILES string of the molecule is CCOC(=O)c1sc(Nc2c(F)cc(-c3cccc(OC)c3)cc2F)nc1-c1ccccc1. The topological polar surface area (TPSA) is 60.5 Å². The molecule has 1 heterocycles. The molecule has 1 aromatic heterocycles. The van der Waals surface area contributed by atoms with Gasteiger partial charge in [-0.05, 0) is 42.3 Å². The van der Waals surface area contributed by atoms with Crippen molar-refractivity contribution in [2.75, 3.05) is 19.0 Å². The molecule has 0 bridgehead atoms. The average Bonchev–Trinajstić information content (AvgIpc) is 3.26. The van der Waals surface area contributed by atoms with Gasteiger partial charge >= 0.3 is 5.97 Å². The minimum Gasteiger partial charge on any atom is -0.497 e. The number of hydrogen-bond acceptors (Lipinski definition) is 6. The Balaban J connectivity index is 1.69. The van der Waals surface area contributed by atoms with Crippen LogP contribution in [-0.2, 0) is 4.74 Å². The van der Waals surface area contributed by atoms with Crippen LogP contribution in [0.5, 0.6) is 5.75 Å². The Hall–Kier alpha value is -3.78. The molecule has 1 N–H and O–H groups in total. The molecule has 4 rings (SSSR count). The summed E-state index contributed by atoms with van der Waals surface area (Å²) < 4.78 is 40.2. The Morgan fingerprint density at radius 1 is 0.970 bits per heavy atom. The largest absolute Gasteiger partial charge is 0.497 e. The molecular weight excluding hydrogens is 446 g/mol. The van der Waals surface area contributed by atoms with Gasteiger partial charge in [-0.1, -0.05) is 53.8 Å². The molecule has 0 aliphatic carbocycles. The molecule has 0 spiro atoms. The number of methoxy groups -OCH3 is 1. The van der Waals surface area contributed by atoms with Crippen LogP contribution in [0, 0.1) is 11.6 Å². The van der Waals surface area contributed by atoms with Crippen molar-refractivity contribution in [3.8, 4) is 28.1 Å². The van der Waals surface area contributed by atoms with Crippen LogP contribution < -0.4 is 10.1 Å². The van der Waals surface area contributed by atoms with Crippen LogP contribution in [-0.4, -0.2) is 24.7 Å². The van der Waals surface area contributed by atoms with Crippen LogP contribution in [0.3, 0.4) is 0 Å². The first-order valence-electron chi connectivity index (χ1n) is 10.1. The standard InChI is InChI=1S/C25H20F2N2O3S/c1-3-32-24(30)23-21(15-8-5-4-6-9-15)28-25(33-23)29-22-19(26)13-17(14-20(22)27)16-10-7-11-18(12-16)31-2/h4-14H,3H2,1-2H3,(H,28,29). The Morgan fingerprint density at radius 2 is 1.67 bits per heavy atom. The summed E-state index contributed by atoms with van der Waals surface area (Å²) in [7, 11) is 1.52. The van der Waals surface area contributed by atoms with Crippen molar-refractivity contribution in [2.45, 2.75) is 6.92 Å². The van der Waals surface area contributed by atoms with E-state index in [4.69, 9.17) is 9.47 Å². The second-order valence-electron chi connectivity index (χ2n) is 6.96. The molecule has 4 aromatic rings. The van der Waals surface area contributed by atoms with E-state index < -0.39 is 17.6 Å². The molecule has 0 amide bonds. The number of hydrogen-bond donors (Lipinski definition) is 1. The monoisotopic (exact) mass is 466 g/mol. The first-order chi connectivity index (χ1) is 16.0. The van der Waals surface area contributed by atoms with Crippen LogP contribution in [0.4, 0.5) is 19.6 Å². The second kappa shape index (κ2) is 9.79. The van der Waals surface area contributed by atoms with Gasteiger partial charge in [-0.15, -0.1) is 0 Å². The van der Waals surface area contributed by atoms with Gasteiger partial charge in [-0.2, -0.15) is 0 Å². The molecule has 5 nitrogen and oxygen atoms in total. The van der Waals surface area contributed by atoms with Gasteiger partial charge in [0, 0.05) is 5.56 Å². The average molecular weight is 467 g/mol. The normalized spacial score (nSPS) is 10.7. The first-order valence-corrected chi connectivity index (χ1v) is 11.0. The van der Waals surface area contributed by atoms with Crippen LogP contribution in [0.2, 0.25) is 0 Å². The lowest BCUT2D eigenvalue weighted by molar-refractivity contribution is 0.0532. The maximum Gasteiger partial charge on any atom is 0.350 e. The van der Waals surface area contributed by atoms with Gasteiger partial charge in [0.25, 0.3) is 0 Å². The minimum absolute atomic E-state index is 0.170. The lowest BCUT2D eigenvalue weighted by Crippen LogP contribution is -2.03. The Labute approximate surface area is 193 Å².